The van der Waals surface area contributed by atoms with Crippen molar-refractivity contribution in [2.24, 2.45) is 5.92 Å². The molecule has 1 unspecified atom stereocenters. The van der Waals surface area contributed by atoms with Gasteiger partial charge in [0, 0.05) is 24.9 Å². The number of rotatable bonds is 7. The van der Waals surface area contributed by atoms with Crippen molar-refractivity contribution in [3.63, 3.8) is 0 Å². The van der Waals surface area contributed by atoms with Crippen molar-refractivity contribution in [2.75, 3.05) is 0 Å². The molecule has 0 bridgehead atoms. The fourth-order valence-electron chi connectivity index (χ4n) is 2.01. The van der Waals surface area contributed by atoms with Crippen molar-refractivity contribution >= 4 is 11.9 Å². The van der Waals surface area contributed by atoms with Crippen molar-refractivity contribution in [3.05, 3.63) is 54.0 Å². The Balaban J connectivity index is 1.92. The lowest BCUT2D eigenvalue weighted by atomic mass is 10.1. The molecular weight excluding hydrogens is 315 g/mol. The normalized spacial score (nSPS) is 11.6. The first-order valence-corrected chi connectivity index (χ1v) is 7.38. The smallest absolute Gasteiger partial charge is 0.316 e. The van der Waals surface area contributed by atoms with Gasteiger partial charge in [0.15, 0.2) is 0 Å². The molecule has 2 rings (SSSR count). The summed E-state index contributed by atoms with van der Waals surface area (Å²) in [6.45, 7) is 1.80. The first kappa shape index (κ1) is 17.4. The minimum Gasteiger partial charge on any atom is -0.481 e. The van der Waals surface area contributed by atoms with Gasteiger partial charge in [-0.3, -0.25) is 9.59 Å². The molecule has 1 aromatic carbocycles. The number of carbonyl (C=O) groups is 2. The summed E-state index contributed by atoms with van der Waals surface area (Å²) in [5, 5.41) is 11.5. The maximum Gasteiger partial charge on any atom is 0.316 e. The molecule has 2 aromatic rings. The first-order valence-electron chi connectivity index (χ1n) is 7.38. The molecule has 1 amide bonds. The summed E-state index contributed by atoms with van der Waals surface area (Å²) in [4.78, 5) is 26.7. The lowest BCUT2D eigenvalue weighted by Crippen LogP contribution is -2.34. The molecule has 1 heterocycles. The van der Waals surface area contributed by atoms with Gasteiger partial charge in [0.1, 0.15) is 17.5 Å². The lowest BCUT2D eigenvalue weighted by molar-refractivity contribution is -0.147. The second-order valence-corrected chi connectivity index (χ2v) is 5.08. The van der Waals surface area contributed by atoms with Crippen LogP contribution in [-0.2, 0) is 16.1 Å². The fourth-order valence-corrected chi connectivity index (χ4v) is 2.01. The molecule has 0 aliphatic rings. The van der Waals surface area contributed by atoms with Crippen LogP contribution < -0.4 is 10.1 Å². The third kappa shape index (κ3) is 4.77. The van der Waals surface area contributed by atoms with E-state index in [1.165, 1.54) is 24.4 Å². The zero-order chi connectivity index (χ0) is 17.5. The fraction of sp³-hybridized carbons (Fsp3) is 0.235. The summed E-state index contributed by atoms with van der Waals surface area (Å²) in [6.07, 6.45) is 1.72. The second-order valence-electron chi connectivity index (χ2n) is 5.08. The summed E-state index contributed by atoms with van der Waals surface area (Å²) in [5.41, 5.74) is 0.690. The number of nitrogens with one attached hydrogen (secondary N) is 1. The Morgan fingerprint density at radius 3 is 2.71 bits per heavy atom. The van der Waals surface area contributed by atoms with Gasteiger partial charge in [-0.2, -0.15) is 0 Å². The van der Waals surface area contributed by atoms with Crippen LogP contribution in [0.25, 0.3) is 0 Å². The van der Waals surface area contributed by atoms with E-state index in [2.05, 4.69) is 10.3 Å². The van der Waals surface area contributed by atoms with E-state index in [0.717, 1.165) is 0 Å². The average molecular weight is 332 g/mol. The van der Waals surface area contributed by atoms with Gasteiger partial charge in [0.25, 0.3) is 0 Å². The molecule has 0 aliphatic heterocycles. The van der Waals surface area contributed by atoms with Gasteiger partial charge in [0.05, 0.1) is 0 Å². The van der Waals surface area contributed by atoms with Crippen LogP contribution in [0.5, 0.6) is 11.6 Å². The molecule has 1 atom stereocenters. The van der Waals surface area contributed by atoms with E-state index in [9.17, 15) is 14.0 Å². The number of pyridine rings is 1. The Morgan fingerprint density at radius 1 is 1.33 bits per heavy atom. The Morgan fingerprint density at radius 2 is 2.12 bits per heavy atom. The molecule has 6 nitrogen and oxygen atoms in total. The van der Waals surface area contributed by atoms with Gasteiger partial charge in [-0.1, -0.05) is 19.1 Å². The van der Waals surface area contributed by atoms with Gasteiger partial charge >= 0.3 is 5.97 Å². The molecule has 0 fully saturated rings. The van der Waals surface area contributed by atoms with Crippen LogP contribution in [0.3, 0.4) is 0 Å². The Labute approximate surface area is 138 Å². The van der Waals surface area contributed by atoms with Crippen molar-refractivity contribution in [1.29, 1.82) is 0 Å². The molecule has 1 aromatic heterocycles. The molecule has 0 aliphatic carbocycles. The molecule has 0 saturated carbocycles. The number of hydrogen-bond acceptors (Lipinski definition) is 4. The highest BCUT2D eigenvalue weighted by Gasteiger charge is 2.23. The van der Waals surface area contributed by atoms with E-state index in [1.807, 2.05) is 0 Å². The van der Waals surface area contributed by atoms with E-state index in [0.29, 0.717) is 11.3 Å². The molecule has 0 radical (unpaired) electrons. The number of halogens is 1. The van der Waals surface area contributed by atoms with Crippen LogP contribution in [-0.4, -0.2) is 22.0 Å². The van der Waals surface area contributed by atoms with Crippen LogP contribution in [0, 0.1) is 11.7 Å². The highest BCUT2D eigenvalue weighted by molar-refractivity contribution is 5.96. The molecule has 0 spiro atoms. The van der Waals surface area contributed by atoms with E-state index >= 15 is 0 Å². The number of ether oxygens (including phenoxy) is 1. The first-order chi connectivity index (χ1) is 11.5. The van der Waals surface area contributed by atoms with Crippen LogP contribution in [0.4, 0.5) is 4.39 Å². The number of nitrogens with zero attached hydrogens (tertiary/aromatic N) is 1. The van der Waals surface area contributed by atoms with Crippen molar-refractivity contribution < 1.29 is 23.8 Å². The molecule has 0 saturated heterocycles. The Hall–Kier alpha value is -2.96. The van der Waals surface area contributed by atoms with Gasteiger partial charge in [0.2, 0.25) is 11.8 Å². The number of benzene rings is 1. The molecule has 7 heteroatoms. The minimum atomic E-state index is -1.15. The molecular formula is C17H17FN2O4. The number of amides is 1. The zero-order valence-electron chi connectivity index (χ0n) is 13.0. The van der Waals surface area contributed by atoms with E-state index in [-0.39, 0.29) is 18.8 Å². The minimum absolute atomic E-state index is 0.163. The molecule has 24 heavy (non-hydrogen) atoms. The number of carboxylic acids is 1. The Bertz CT molecular complexity index is 719. The summed E-state index contributed by atoms with van der Waals surface area (Å²) < 4.78 is 18.5. The SMILES string of the molecule is CCC(C(=O)O)C(=O)NCc1ccc(Oc2cccc(F)c2)nc1. The lowest BCUT2D eigenvalue weighted by Gasteiger charge is -2.11. The standard InChI is InChI=1S/C17H17FN2O4/c1-2-14(17(22)23)16(21)20-10-11-6-7-15(19-9-11)24-13-5-3-4-12(18)8-13/h3-9,14H,2,10H2,1H3,(H,20,21)(H,22,23). The summed E-state index contributed by atoms with van der Waals surface area (Å²) >= 11 is 0. The van der Waals surface area contributed by atoms with Crippen molar-refractivity contribution in [2.45, 2.75) is 19.9 Å². The van der Waals surface area contributed by atoms with Crippen LogP contribution in [0.15, 0.2) is 42.6 Å². The van der Waals surface area contributed by atoms with Gasteiger partial charge in [-0.15, -0.1) is 0 Å². The number of carboxylic acid groups (broad SMARTS) is 1. The predicted molar refractivity (Wildman–Crippen MR) is 84.0 cm³/mol. The van der Waals surface area contributed by atoms with Crippen molar-refractivity contribution in [3.8, 4) is 11.6 Å². The molecule has 126 valence electrons. The number of hydrogen-bond donors (Lipinski definition) is 2. The number of carbonyl (C=O) groups excluding carboxylic acids is 1. The third-order valence-corrected chi connectivity index (χ3v) is 3.31. The van der Waals surface area contributed by atoms with Crippen molar-refractivity contribution in [1.82, 2.24) is 10.3 Å². The number of aliphatic carboxylic acids is 1. The van der Waals surface area contributed by atoms with E-state index in [4.69, 9.17) is 9.84 Å². The van der Waals surface area contributed by atoms with Gasteiger partial charge < -0.3 is 15.2 Å². The highest BCUT2D eigenvalue weighted by atomic mass is 19.1. The van der Waals surface area contributed by atoms with E-state index < -0.39 is 23.6 Å². The van der Waals surface area contributed by atoms with Crippen LogP contribution >= 0.6 is 0 Å². The van der Waals surface area contributed by atoms with Gasteiger partial charge in [-0.25, -0.2) is 9.37 Å². The third-order valence-electron chi connectivity index (χ3n) is 3.31. The summed E-state index contributed by atoms with van der Waals surface area (Å²) in [5.74, 6) is -2.54. The van der Waals surface area contributed by atoms with Crippen LogP contribution in [0.2, 0.25) is 0 Å². The largest absolute Gasteiger partial charge is 0.481 e. The predicted octanol–water partition coefficient (Wildman–Crippen LogP) is 2.74. The zero-order valence-corrected chi connectivity index (χ0v) is 13.0. The maximum atomic E-state index is 13.1. The quantitative estimate of drug-likeness (QED) is 0.761. The molecule has 2 N–H and O–H groups in total. The van der Waals surface area contributed by atoms with E-state index in [1.54, 1.807) is 25.1 Å². The second kappa shape index (κ2) is 8.05. The summed E-state index contributed by atoms with van der Waals surface area (Å²) in [7, 11) is 0. The maximum absolute atomic E-state index is 13.1. The monoisotopic (exact) mass is 332 g/mol. The summed E-state index contributed by atoms with van der Waals surface area (Å²) in [6, 6.07) is 8.96. The highest BCUT2D eigenvalue weighted by Crippen LogP contribution is 2.20. The topological polar surface area (TPSA) is 88.5 Å². The van der Waals surface area contributed by atoms with Crippen LogP contribution in [0.1, 0.15) is 18.9 Å². The average Bonchev–Trinajstić information content (AvgIpc) is 2.54. The number of aromatic nitrogens is 1. The van der Waals surface area contributed by atoms with Gasteiger partial charge in [-0.05, 0) is 24.1 Å². The Kier molecular flexibility index (Phi) is 5.83.